The van der Waals surface area contributed by atoms with E-state index in [0.29, 0.717) is 19.8 Å². The Morgan fingerprint density at radius 3 is 2.50 bits per heavy atom. The van der Waals surface area contributed by atoms with Crippen LogP contribution in [0, 0.1) is 0 Å². The number of hydrogen-bond acceptors (Lipinski definition) is 2. The Hall–Kier alpha value is -2.06. The Balaban J connectivity index is 2.02. The highest BCUT2D eigenvalue weighted by Crippen LogP contribution is 2.24. The lowest BCUT2D eigenvalue weighted by molar-refractivity contribution is 0.107. The lowest BCUT2D eigenvalue weighted by Gasteiger charge is -2.12. The van der Waals surface area contributed by atoms with Gasteiger partial charge in [0.05, 0.1) is 19.8 Å². The third kappa shape index (κ3) is 3.72. The van der Waals surface area contributed by atoms with Crippen LogP contribution in [0.1, 0.15) is 23.6 Å². The molecule has 0 atom stereocenters. The fourth-order valence-corrected chi connectivity index (χ4v) is 2.08. The number of rotatable bonds is 7. The quantitative estimate of drug-likeness (QED) is 0.739. The summed E-state index contributed by atoms with van der Waals surface area (Å²) in [6.07, 6.45) is 1.83. The van der Waals surface area contributed by atoms with E-state index in [1.54, 1.807) is 0 Å². The summed E-state index contributed by atoms with van der Waals surface area (Å²) in [6.45, 7) is 7.65. The first kappa shape index (κ1) is 14.4. The van der Waals surface area contributed by atoms with E-state index < -0.39 is 0 Å². The molecule has 2 aromatic rings. The predicted octanol–water partition coefficient (Wildman–Crippen LogP) is 4.45. The van der Waals surface area contributed by atoms with Crippen LogP contribution in [-0.4, -0.2) is 6.61 Å². The van der Waals surface area contributed by atoms with E-state index in [-0.39, 0.29) is 0 Å². The number of hydrogen-bond donors (Lipinski definition) is 0. The van der Waals surface area contributed by atoms with Gasteiger partial charge in [0, 0.05) is 5.56 Å². The van der Waals surface area contributed by atoms with Crippen molar-refractivity contribution >= 4 is 6.08 Å². The average molecular weight is 268 g/mol. The minimum absolute atomic E-state index is 0.553. The maximum absolute atomic E-state index is 5.78. The molecule has 0 fully saturated rings. The van der Waals surface area contributed by atoms with Gasteiger partial charge in [-0.05, 0) is 24.1 Å². The van der Waals surface area contributed by atoms with Gasteiger partial charge in [-0.1, -0.05) is 55.1 Å². The highest BCUT2D eigenvalue weighted by Gasteiger charge is 2.06. The molecule has 0 aromatic heterocycles. The summed E-state index contributed by atoms with van der Waals surface area (Å²) >= 11 is 0. The van der Waals surface area contributed by atoms with Crippen molar-refractivity contribution in [3.8, 4) is 5.75 Å². The maximum Gasteiger partial charge on any atom is 0.126 e. The summed E-state index contributed by atoms with van der Waals surface area (Å²) in [5.74, 6) is 0.864. The molecule has 0 aliphatic heterocycles. The Morgan fingerprint density at radius 1 is 1.00 bits per heavy atom. The van der Waals surface area contributed by atoms with Crippen LogP contribution in [0.5, 0.6) is 5.75 Å². The zero-order chi connectivity index (χ0) is 14.2. The van der Waals surface area contributed by atoms with Crippen molar-refractivity contribution < 1.29 is 9.47 Å². The molecule has 0 N–H and O–H groups in total. The molecular weight excluding hydrogens is 248 g/mol. The van der Waals surface area contributed by atoms with Gasteiger partial charge in [0.1, 0.15) is 5.75 Å². The smallest absolute Gasteiger partial charge is 0.126 e. The van der Waals surface area contributed by atoms with Gasteiger partial charge in [-0.25, -0.2) is 0 Å². The molecule has 2 heteroatoms. The molecule has 0 aliphatic rings. The molecule has 2 aromatic carbocycles. The SMILES string of the molecule is C=Cc1c(COCc2ccccc2)cccc1OCC. The van der Waals surface area contributed by atoms with Gasteiger partial charge in [-0.3, -0.25) is 0 Å². The molecule has 0 saturated carbocycles. The van der Waals surface area contributed by atoms with Gasteiger partial charge in [0.15, 0.2) is 0 Å². The first-order valence-corrected chi connectivity index (χ1v) is 6.84. The summed E-state index contributed by atoms with van der Waals surface area (Å²) in [5.41, 5.74) is 3.29. The first-order chi connectivity index (χ1) is 9.85. The topological polar surface area (TPSA) is 18.5 Å². The van der Waals surface area contributed by atoms with Crippen molar-refractivity contribution in [3.63, 3.8) is 0 Å². The van der Waals surface area contributed by atoms with E-state index >= 15 is 0 Å². The molecule has 0 radical (unpaired) electrons. The normalized spacial score (nSPS) is 10.2. The summed E-state index contributed by atoms with van der Waals surface area (Å²) in [6, 6.07) is 16.2. The Kier molecular flexibility index (Phi) is 5.39. The molecule has 0 aliphatic carbocycles. The standard InChI is InChI=1S/C18H20O2/c1-3-17-16(11-8-12-18(17)20-4-2)14-19-13-15-9-6-5-7-10-15/h3,5-12H,1,4,13-14H2,2H3. The average Bonchev–Trinajstić information content (AvgIpc) is 2.49. The van der Waals surface area contributed by atoms with Gasteiger partial charge < -0.3 is 9.47 Å². The monoisotopic (exact) mass is 268 g/mol. The Morgan fingerprint density at radius 2 is 1.80 bits per heavy atom. The fraction of sp³-hybridized carbons (Fsp3) is 0.222. The van der Waals surface area contributed by atoms with Crippen LogP contribution < -0.4 is 4.74 Å². The van der Waals surface area contributed by atoms with Crippen molar-refractivity contribution in [2.45, 2.75) is 20.1 Å². The van der Waals surface area contributed by atoms with Crippen LogP contribution >= 0.6 is 0 Å². The van der Waals surface area contributed by atoms with Gasteiger partial charge >= 0.3 is 0 Å². The Labute approximate surface area is 120 Å². The van der Waals surface area contributed by atoms with E-state index in [1.165, 1.54) is 5.56 Å². The summed E-state index contributed by atoms with van der Waals surface area (Å²) in [7, 11) is 0. The summed E-state index contributed by atoms with van der Waals surface area (Å²) in [5, 5.41) is 0. The molecule has 0 spiro atoms. The third-order valence-corrected chi connectivity index (χ3v) is 3.03. The minimum atomic E-state index is 0.553. The van der Waals surface area contributed by atoms with Crippen LogP contribution in [0.4, 0.5) is 0 Å². The molecule has 2 nitrogen and oxygen atoms in total. The number of benzene rings is 2. The summed E-state index contributed by atoms with van der Waals surface area (Å²) in [4.78, 5) is 0. The second-order valence-corrected chi connectivity index (χ2v) is 4.44. The molecule has 0 amide bonds. The summed E-state index contributed by atoms with van der Waals surface area (Å²) < 4.78 is 11.4. The first-order valence-electron chi connectivity index (χ1n) is 6.84. The van der Waals surface area contributed by atoms with Crippen molar-refractivity contribution in [1.29, 1.82) is 0 Å². The van der Waals surface area contributed by atoms with Crippen LogP contribution in [-0.2, 0) is 18.0 Å². The lowest BCUT2D eigenvalue weighted by atomic mass is 10.1. The molecule has 0 unspecified atom stereocenters. The molecule has 20 heavy (non-hydrogen) atoms. The second kappa shape index (κ2) is 7.51. The molecule has 0 saturated heterocycles. The number of ether oxygens (including phenoxy) is 2. The molecule has 0 heterocycles. The molecule has 0 bridgehead atoms. The minimum Gasteiger partial charge on any atom is -0.493 e. The van der Waals surface area contributed by atoms with Crippen LogP contribution in [0.3, 0.4) is 0 Å². The lowest BCUT2D eigenvalue weighted by Crippen LogP contribution is -2.00. The van der Waals surface area contributed by atoms with Crippen molar-refractivity contribution in [2.75, 3.05) is 6.61 Å². The van der Waals surface area contributed by atoms with Gasteiger partial charge in [-0.15, -0.1) is 0 Å². The molecule has 2 rings (SSSR count). The highest BCUT2D eigenvalue weighted by molar-refractivity contribution is 5.59. The fourth-order valence-electron chi connectivity index (χ4n) is 2.08. The molecule has 104 valence electrons. The Bertz CT molecular complexity index is 547. The van der Waals surface area contributed by atoms with Crippen molar-refractivity contribution in [2.24, 2.45) is 0 Å². The maximum atomic E-state index is 5.78. The van der Waals surface area contributed by atoms with E-state index in [4.69, 9.17) is 9.47 Å². The van der Waals surface area contributed by atoms with Crippen LogP contribution in [0.2, 0.25) is 0 Å². The van der Waals surface area contributed by atoms with Crippen molar-refractivity contribution in [3.05, 3.63) is 71.8 Å². The zero-order valence-electron chi connectivity index (χ0n) is 11.8. The van der Waals surface area contributed by atoms with Crippen LogP contribution in [0.25, 0.3) is 6.08 Å². The van der Waals surface area contributed by atoms with Gasteiger partial charge in [-0.2, -0.15) is 0 Å². The third-order valence-electron chi connectivity index (χ3n) is 3.03. The van der Waals surface area contributed by atoms with Gasteiger partial charge in [0.25, 0.3) is 0 Å². The van der Waals surface area contributed by atoms with Crippen LogP contribution in [0.15, 0.2) is 55.1 Å². The largest absolute Gasteiger partial charge is 0.493 e. The van der Waals surface area contributed by atoms with E-state index in [1.807, 2.05) is 49.4 Å². The highest BCUT2D eigenvalue weighted by atomic mass is 16.5. The molecular formula is C18H20O2. The van der Waals surface area contributed by atoms with Gasteiger partial charge in [0.2, 0.25) is 0 Å². The zero-order valence-corrected chi connectivity index (χ0v) is 11.8. The van der Waals surface area contributed by atoms with E-state index in [2.05, 4.69) is 18.7 Å². The van der Waals surface area contributed by atoms with E-state index in [9.17, 15) is 0 Å². The van der Waals surface area contributed by atoms with E-state index in [0.717, 1.165) is 16.9 Å². The second-order valence-electron chi connectivity index (χ2n) is 4.44. The van der Waals surface area contributed by atoms with Crippen molar-refractivity contribution in [1.82, 2.24) is 0 Å². The predicted molar refractivity (Wildman–Crippen MR) is 82.6 cm³/mol.